The molecule has 0 saturated carbocycles. The van der Waals surface area contributed by atoms with Crippen LogP contribution < -0.4 is 14.8 Å². The van der Waals surface area contributed by atoms with Crippen molar-refractivity contribution >= 4 is 11.3 Å². The van der Waals surface area contributed by atoms with Crippen LogP contribution in [0.2, 0.25) is 0 Å². The zero-order valence-electron chi connectivity index (χ0n) is 11.0. The maximum atomic E-state index is 5.50. The molecule has 3 rings (SSSR count). The third-order valence-corrected chi connectivity index (χ3v) is 4.23. The third-order valence-electron chi connectivity index (χ3n) is 3.08. The maximum Gasteiger partial charge on any atom is 0.231 e. The molecule has 1 aromatic carbocycles. The van der Waals surface area contributed by atoms with Crippen molar-refractivity contribution in [2.24, 2.45) is 0 Å². The Morgan fingerprint density at radius 3 is 3.11 bits per heavy atom. The lowest BCUT2D eigenvalue weighted by Crippen LogP contribution is -2.18. The number of hydrogen-bond acceptors (Lipinski definition) is 5. The van der Waals surface area contributed by atoms with E-state index in [2.05, 4.69) is 28.7 Å². The quantitative estimate of drug-likeness (QED) is 0.932. The monoisotopic (exact) mass is 276 g/mol. The minimum Gasteiger partial charge on any atom is -0.454 e. The maximum absolute atomic E-state index is 5.50. The number of fused-ring (bicyclic) bond motifs is 1. The molecule has 19 heavy (non-hydrogen) atoms. The molecule has 4 nitrogen and oxygen atoms in total. The number of nitrogens with zero attached hydrogens (tertiary/aromatic N) is 1. The van der Waals surface area contributed by atoms with E-state index >= 15 is 0 Å². The summed E-state index contributed by atoms with van der Waals surface area (Å²) in [6.45, 7) is 5.20. The lowest BCUT2D eigenvalue weighted by molar-refractivity contribution is 0.173. The molecule has 0 aliphatic carbocycles. The molecule has 2 aromatic rings. The van der Waals surface area contributed by atoms with Gasteiger partial charge in [0.25, 0.3) is 0 Å². The number of aromatic nitrogens is 1. The fraction of sp³-hybridized carbons (Fsp3) is 0.357. The van der Waals surface area contributed by atoms with Gasteiger partial charge in [-0.25, -0.2) is 4.98 Å². The second-order valence-corrected chi connectivity index (χ2v) is 5.47. The van der Waals surface area contributed by atoms with E-state index in [1.807, 2.05) is 19.1 Å². The molecular weight excluding hydrogens is 260 g/mol. The first-order valence-corrected chi connectivity index (χ1v) is 7.15. The number of benzene rings is 1. The molecular formula is C14H16N2O2S. The predicted octanol–water partition coefficient (Wildman–Crippen LogP) is 3.03. The molecule has 1 unspecified atom stereocenters. The highest BCUT2D eigenvalue weighted by molar-refractivity contribution is 7.09. The molecule has 0 radical (unpaired) electrons. The summed E-state index contributed by atoms with van der Waals surface area (Å²) >= 11 is 1.69. The first-order valence-electron chi connectivity index (χ1n) is 6.27. The van der Waals surface area contributed by atoms with Crippen LogP contribution >= 0.6 is 11.3 Å². The van der Waals surface area contributed by atoms with E-state index in [9.17, 15) is 0 Å². The summed E-state index contributed by atoms with van der Waals surface area (Å²) in [4.78, 5) is 4.50. The smallest absolute Gasteiger partial charge is 0.231 e. The summed E-state index contributed by atoms with van der Waals surface area (Å²) in [6, 6.07) is 6.21. The highest BCUT2D eigenvalue weighted by atomic mass is 32.1. The Labute approximate surface area is 116 Å². The van der Waals surface area contributed by atoms with Gasteiger partial charge in [-0.15, -0.1) is 11.3 Å². The fourth-order valence-electron chi connectivity index (χ4n) is 2.05. The lowest BCUT2D eigenvalue weighted by atomic mass is 10.2. The summed E-state index contributed by atoms with van der Waals surface area (Å²) < 4.78 is 10.9. The molecule has 0 amide bonds. The number of thiazole rings is 1. The molecule has 1 atom stereocenters. The van der Waals surface area contributed by atoms with Crippen molar-refractivity contribution in [1.82, 2.24) is 10.3 Å². The zero-order valence-corrected chi connectivity index (χ0v) is 11.8. The van der Waals surface area contributed by atoms with Crippen LogP contribution in [0.1, 0.15) is 29.2 Å². The molecule has 0 bridgehead atoms. The number of para-hydroxylation sites is 1. The summed E-state index contributed by atoms with van der Waals surface area (Å²) in [5, 5.41) is 6.66. The molecule has 100 valence electrons. The van der Waals surface area contributed by atoms with E-state index in [-0.39, 0.29) is 6.04 Å². The predicted molar refractivity (Wildman–Crippen MR) is 74.7 cm³/mol. The Morgan fingerprint density at radius 1 is 1.42 bits per heavy atom. The van der Waals surface area contributed by atoms with E-state index < -0.39 is 0 Å². The van der Waals surface area contributed by atoms with Crippen LogP contribution in [-0.4, -0.2) is 11.8 Å². The van der Waals surface area contributed by atoms with Crippen molar-refractivity contribution in [3.05, 3.63) is 39.8 Å². The first kappa shape index (κ1) is 12.4. The number of aryl methyl sites for hydroxylation is 1. The van der Waals surface area contributed by atoms with Gasteiger partial charge in [-0.3, -0.25) is 0 Å². The van der Waals surface area contributed by atoms with Gasteiger partial charge in [-0.05, 0) is 19.9 Å². The molecule has 1 aromatic heterocycles. The van der Waals surface area contributed by atoms with Gasteiger partial charge in [-0.1, -0.05) is 12.1 Å². The van der Waals surface area contributed by atoms with Crippen molar-refractivity contribution < 1.29 is 9.47 Å². The van der Waals surface area contributed by atoms with Crippen LogP contribution in [0.25, 0.3) is 0 Å². The first-order chi connectivity index (χ1) is 9.24. The lowest BCUT2D eigenvalue weighted by Gasteiger charge is -2.12. The van der Waals surface area contributed by atoms with Crippen molar-refractivity contribution in [2.75, 3.05) is 6.79 Å². The number of hydrogen-bond donors (Lipinski definition) is 1. The molecule has 0 spiro atoms. The van der Waals surface area contributed by atoms with Crippen molar-refractivity contribution in [1.29, 1.82) is 0 Å². The second-order valence-electron chi connectivity index (χ2n) is 4.58. The minimum absolute atomic E-state index is 0.233. The van der Waals surface area contributed by atoms with Gasteiger partial charge in [0.15, 0.2) is 11.5 Å². The third kappa shape index (κ3) is 2.57. The molecule has 1 aliphatic rings. The van der Waals surface area contributed by atoms with Crippen LogP contribution in [0.4, 0.5) is 0 Å². The molecule has 0 saturated heterocycles. The highest BCUT2D eigenvalue weighted by Gasteiger charge is 2.17. The van der Waals surface area contributed by atoms with Crippen LogP contribution in [0.15, 0.2) is 23.6 Å². The Kier molecular flexibility index (Phi) is 3.40. The normalized spacial score (nSPS) is 14.6. The van der Waals surface area contributed by atoms with Crippen LogP contribution in [0.5, 0.6) is 11.5 Å². The Bertz CT molecular complexity index is 583. The average Bonchev–Trinajstić information content (AvgIpc) is 3.04. The van der Waals surface area contributed by atoms with E-state index in [1.165, 1.54) is 0 Å². The Morgan fingerprint density at radius 2 is 2.32 bits per heavy atom. The van der Waals surface area contributed by atoms with Gasteiger partial charge >= 0.3 is 0 Å². The van der Waals surface area contributed by atoms with Crippen LogP contribution in [0.3, 0.4) is 0 Å². The largest absolute Gasteiger partial charge is 0.454 e. The van der Waals surface area contributed by atoms with Gasteiger partial charge in [0.2, 0.25) is 6.79 Å². The number of ether oxygens (including phenoxy) is 2. The van der Waals surface area contributed by atoms with Gasteiger partial charge in [0.05, 0.1) is 6.04 Å². The van der Waals surface area contributed by atoms with Crippen molar-refractivity contribution in [2.45, 2.75) is 26.4 Å². The zero-order chi connectivity index (χ0) is 13.2. The molecule has 5 heteroatoms. The van der Waals surface area contributed by atoms with E-state index in [0.717, 1.165) is 34.3 Å². The van der Waals surface area contributed by atoms with E-state index in [4.69, 9.17) is 9.47 Å². The highest BCUT2D eigenvalue weighted by Crippen LogP contribution is 2.35. The fourth-order valence-corrected chi connectivity index (χ4v) is 2.88. The topological polar surface area (TPSA) is 43.4 Å². The van der Waals surface area contributed by atoms with Gasteiger partial charge in [-0.2, -0.15) is 0 Å². The molecule has 0 fully saturated rings. The molecule has 1 N–H and O–H groups in total. The second kappa shape index (κ2) is 5.19. The van der Waals surface area contributed by atoms with Crippen LogP contribution in [-0.2, 0) is 6.54 Å². The number of rotatable bonds is 4. The van der Waals surface area contributed by atoms with Gasteiger partial charge in [0.1, 0.15) is 5.01 Å². The van der Waals surface area contributed by atoms with Crippen molar-refractivity contribution in [3.63, 3.8) is 0 Å². The minimum atomic E-state index is 0.233. The summed E-state index contributed by atoms with van der Waals surface area (Å²) in [6.07, 6.45) is 0. The Hall–Kier alpha value is -1.59. The molecule has 1 aliphatic heterocycles. The number of nitrogens with one attached hydrogen (secondary N) is 1. The summed E-state index contributed by atoms with van der Waals surface area (Å²) in [5.74, 6) is 1.69. The van der Waals surface area contributed by atoms with Gasteiger partial charge < -0.3 is 14.8 Å². The van der Waals surface area contributed by atoms with Crippen molar-refractivity contribution in [3.8, 4) is 11.5 Å². The standard InChI is InChI=1S/C14H16N2O2S/c1-9-7-19-14(16-9)10(2)15-6-11-4-3-5-12-13(11)18-8-17-12/h3-5,7,10,15H,6,8H2,1-2H3. The summed E-state index contributed by atoms with van der Waals surface area (Å²) in [5.41, 5.74) is 2.20. The SMILES string of the molecule is Cc1csc(C(C)NCc2cccc3c2OCO3)n1. The average molecular weight is 276 g/mol. The van der Waals surface area contributed by atoms with Crippen LogP contribution in [0, 0.1) is 6.92 Å². The Balaban J connectivity index is 1.68. The summed E-state index contributed by atoms with van der Waals surface area (Å²) in [7, 11) is 0. The van der Waals surface area contributed by atoms with E-state index in [0.29, 0.717) is 6.79 Å². The molecule has 2 heterocycles. The van der Waals surface area contributed by atoms with Gasteiger partial charge in [0, 0.05) is 23.2 Å². The van der Waals surface area contributed by atoms with E-state index in [1.54, 1.807) is 11.3 Å².